The average molecular weight is 431 g/mol. The average Bonchev–Trinajstić information content (AvgIpc) is 3.17. The van der Waals surface area contributed by atoms with E-state index in [1.54, 1.807) is 14.0 Å². The standard InChI is InChI=1S/C25H25N3O4/c1-4-32-25(30)21-15-23(18-7-11-20(31-3)12-8-18)28(16(21)2)19-9-5-17(6-10-19)22-13-14-24(29)27-26-22/h5-12,15H,4,13-14H2,1-3H3,(H,27,29). The van der Waals surface area contributed by atoms with Crippen LogP contribution in [0.3, 0.4) is 0 Å². The fourth-order valence-electron chi connectivity index (χ4n) is 3.81. The van der Waals surface area contributed by atoms with E-state index in [1.165, 1.54) is 0 Å². The number of esters is 1. The summed E-state index contributed by atoms with van der Waals surface area (Å²) < 4.78 is 12.6. The molecule has 7 nitrogen and oxygen atoms in total. The molecule has 0 bridgehead atoms. The van der Waals surface area contributed by atoms with Gasteiger partial charge in [-0.3, -0.25) is 4.79 Å². The largest absolute Gasteiger partial charge is 0.497 e. The second-order valence-corrected chi connectivity index (χ2v) is 7.45. The molecule has 0 spiro atoms. The Bertz CT molecular complexity index is 1180. The third kappa shape index (κ3) is 4.14. The molecule has 1 aliphatic rings. The number of hydrogen-bond acceptors (Lipinski definition) is 5. The Kier molecular flexibility index (Phi) is 6.07. The number of carbonyl (C=O) groups is 2. The SMILES string of the molecule is CCOC(=O)c1cc(-c2ccc(OC)cc2)n(-c2ccc(C3=NNC(=O)CC3)cc2)c1C. The molecule has 2 aromatic carbocycles. The minimum absolute atomic E-state index is 0.0658. The Morgan fingerprint density at radius 1 is 1.06 bits per heavy atom. The summed E-state index contributed by atoms with van der Waals surface area (Å²) >= 11 is 0. The number of hydrazone groups is 1. The molecule has 0 aliphatic carbocycles. The molecule has 0 atom stereocenters. The molecule has 0 saturated heterocycles. The number of amides is 1. The summed E-state index contributed by atoms with van der Waals surface area (Å²) in [6, 6.07) is 17.5. The Morgan fingerprint density at radius 2 is 1.75 bits per heavy atom. The van der Waals surface area contributed by atoms with Gasteiger partial charge in [0.25, 0.3) is 0 Å². The fraction of sp³-hybridized carbons (Fsp3) is 0.240. The maximum absolute atomic E-state index is 12.6. The van der Waals surface area contributed by atoms with Gasteiger partial charge in [-0.15, -0.1) is 0 Å². The van der Waals surface area contributed by atoms with E-state index in [9.17, 15) is 9.59 Å². The molecule has 1 amide bonds. The van der Waals surface area contributed by atoms with Gasteiger partial charge in [-0.25, -0.2) is 10.2 Å². The summed E-state index contributed by atoms with van der Waals surface area (Å²) in [4.78, 5) is 23.9. The van der Waals surface area contributed by atoms with Gasteiger partial charge in [-0.1, -0.05) is 12.1 Å². The molecule has 3 aromatic rings. The Balaban J connectivity index is 1.77. The van der Waals surface area contributed by atoms with E-state index in [0.29, 0.717) is 25.0 Å². The van der Waals surface area contributed by atoms with E-state index in [-0.39, 0.29) is 11.9 Å². The van der Waals surface area contributed by atoms with E-state index >= 15 is 0 Å². The number of nitrogens with one attached hydrogen (secondary N) is 1. The number of nitrogens with zero attached hydrogens (tertiary/aromatic N) is 2. The zero-order valence-corrected chi connectivity index (χ0v) is 18.3. The highest BCUT2D eigenvalue weighted by molar-refractivity contribution is 6.04. The molecule has 0 unspecified atom stereocenters. The van der Waals surface area contributed by atoms with Gasteiger partial charge in [0.15, 0.2) is 0 Å². The summed E-state index contributed by atoms with van der Waals surface area (Å²) in [5.41, 5.74) is 8.40. The van der Waals surface area contributed by atoms with Crippen molar-refractivity contribution in [2.45, 2.75) is 26.7 Å². The van der Waals surface area contributed by atoms with Crippen LogP contribution in [0, 0.1) is 6.92 Å². The number of carbonyl (C=O) groups excluding carboxylic acids is 2. The summed E-state index contributed by atoms with van der Waals surface area (Å²) in [6.07, 6.45) is 1.04. The molecule has 164 valence electrons. The summed E-state index contributed by atoms with van der Waals surface area (Å²) in [7, 11) is 1.63. The highest BCUT2D eigenvalue weighted by Crippen LogP contribution is 2.31. The number of methoxy groups -OCH3 is 1. The van der Waals surface area contributed by atoms with Crippen LogP contribution in [0.4, 0.5) is 0 Å². The second kappa shape index (κ2) is 9.09. The van der Waals surface area contributed by atoms with Gasteiger partial charge in [0.05, 0.1) is 30.7 Å². The topological polar surface area (TPSA) is 81.9 Å². The van der Waals surface area contributed by atoms with Gasteiger partial charge in [0.2, 0.25) is 5.91 Å². The van der Waals surface area contributed by atoms with Crippen molar-refractivity contribution in [3.63, 3.8) is 0 Å². The van der Waals surface area contributed by atoms with Gasteiger partial charge in [-0.05, 0) is 67.4 Å². The summed E-state index contributed by atoms with van der Waals surface area (Å²) in [5.74, 6) is 0.352. The van der Waals surface area contributed by atoms with Crippen molar-refractivity contribution in [2.75, 3.05) is 13.7 Å². The Labute approximate surface area is 186 Å². The van der Waals surface area contributed by atoms with Gasteiger partial charge in [0.1, 0.15) is 5.75 Å². The number of hydrogen-bond donors (Lipinski definition) is 1. The predicted octanol–water partition coefficient (Wildman–Crippen LogP) is 4.25. The van der Waals surface area contributed by atoms with Crippen molar-refractivity contribution in [2.24, 2.45) is 5.10 Å². The third-order valence-electron chi connectivity index (χ3n) is 5.49. The second-order valence-electron chi connectivity index (χ2n) is 7.45. The number of aromatic nitrogens is 1. The molecular weight excluding hydrogens is 406 g/mol. The summed E-state index contributed by atoms with van der Waals surface area (Å²) in [6.45, 7) is 4.02. The fourth-order valence-corrected chi connectivity index (χ4v) is 3.81. The first-order valence-electron chi connectivity index (χ1n) is 10.5. The first-order chi connectivity index (χ1) is 15.5. The zero-order chi connectivity index (χ0) is 22.7. The van der Waals surface area contributed by atoms with Crippen LogP contribution < -0.4 is 10.2 Å². The number of ether oxygens (including phenoxy) is 2. The smallest absolute Gasteiger partial charge is 0.339 e. The van der Waals surface area contributed by atoms with E-state index in [4.69, 9.17) is 9.47 Å². The molecule has 32 heavy (non-hydrogen) atoms. The highest BCUT2D eigenvalue weighted by Gasteiger charge is 2.21. The van der Waals surface area contributed by atoms with Crippen molar-refractivity contribution in [1.29, 1.82) is 0 Å². The molecule has 0 radical (unpaired) electrons. The molecule has 1 aromatic heterocycles. The molecule has 2 heterocycles. The lowest BCUT2D eigenvalue weighted by atomic mass is 10.0. The van der Waals surface area contributed by atoms with Crippen LogP contribution in [0.25, 0.3) is 16.9 Å². The molecule has 7 heteroatoms. The maximum atomic E-state index is 12.6. The van der Waals surface area contributed by atoms with Crippen LogP contribution in [-0.4, -0.2) is 35.9 Å². The van der Waals surface area contributed by atoms with E-state index in [0.717, 1.165) is 39.7 Å². The van der Waals surface area contributed by atoms with Crippen molar-refractivity contribution in [1.82, 2.24) is 9.99 Å². The normalized spacial score (nSPS) is 13.3. The minimum atomic E-state index is -0.345. The molecule has 4 rings (SSSR count). The van der Waals surface area contributed by atoms with Gasteiger partial charge >= 0.3 is 5.97 Å². The van der Waals surface area contributed by atoms with Crippen LogP contribution in [0.1, 0.15) is 41.4 Å². The van der Waals surface area contributed by atoms with Gasteiger partial charge < -0.3 is 14.0 Å². The monoisotopic (exact) mass is 431 g/mol. The Morgan fingerprint density at radius 3 is 2.34 bits per heavy atom. The molecular formula is C25H25N3O4. The van der Waals surface area contributed by atoms with Crippen molar-refractivity contribution in [3.05, 3.63) is 71.4 Å². The zero-order valence-electron chi connectivity index (χ0n) is 18.3. The van der Waals surface area contributed by atoms with Crippen LogP contribution in [0.2, 0.25) is 0 Å². The molecule has 1 aliphatic heterocycles. The highest BCUT2D eigenvalue weighted by atomic mass is 16.5. The van der Waals surface area contributed by atoms with E-state index < -0.39 is 0 Å². The lowest BCUT2D eigenvalue weighted by Gasteiger charge is -2.15. The maximum Gasteiger partial charge on any atom is 0.339 e. The van der Waals surface area contributed by atoms with E-state index in [2.05, 4.69) is 10.5 Å². The number of benzene rings is 2. The van der Waals surface area contributed by atoms with Crippen molar-refractivity contribution < 1.29 is 19.1 Å². The molecule has 0 fully saturated rings. The van der Waals surface area contributed by atoms with Crippen molar-refractivity contribution in [3.8, 4) is 22.7 Å². The minimum Gasteiger partial charge on any atom is -0.497 e. The predicted molar refractivity (Wildman–Crippen MR) is 122 cm³/mol. The lowest BCUT2D eigenvalue weighted by molar-refractivity contribution is -0.121. The number of rotatable bonds is 6. The van der Waals surface area contributed by atoms with Gasteiger partial charge in [0, 0.05) is 24.2 Å². The summed E-state index contributed by atoms with van der Waals surface area (Å²) in [5, 5.41) is 4.17. The quantitative estimate of drug-likeness (QED) is 0.592. The Hall–Kier alpha value is -3.87. The molecule has 0 saturated carbocycles. The van der Waals surface area contributed by atoms with Gasteiger partial charge in [-0.2, -0.15) is 5.10 Å². The van der Waals surface area contributed by atoms with Crippen molar-refractivity contribution >= 4 is 17.6 Å². The van der Waals surface area contributed by atoms with Crippen LogP contribution in [-0.2, 0) is 9.53 Å². The van der Waals surface area contributed by atoms with Crippen LogP contribution in [0.5, 0.6) is 5.75 Å². The van der Waals surface area contributed by atoms with Crippen LogP contribution in [0.15, 0.2) is 59.7 Å². The first kappa shape index (κ1) is 21.4. The lowest BCUT2D eigenvalue weighted by Crippen LogP contribution is -2.25. The third-order valence-corrected chi connectivity index (χ3v) is 5.49. The molecule has 1 N–H and O–H groups in total. The first-order valence-corrected chi connectivity index (χ1v) is 10.5. The van der Waals surface area contributed by atoms with E-state index in [1.807, 2.05) is 66.1 Å². The van der Waals surface area contributed by atoms with Crippen LogP contribution >= 0.6 is 0 Å².